The molecule has 0 aliphatic carbocycles. The maximum Gasteiger partial charge on any atom is 0.241 e. The molecular weight excluding hydrogens is 302 g/mol. The fraction of sp³-hybridized carbons (Fsp3) is 0.533. The lowest BCUT2D eigenvalue weighted by molar-refractivity contribution is -0.120. The minimum atomic E-state index is -3.60. The van der Waals surface area contributed by atoms with Crippen LogP contribution in [0, 0.1) is 20.8 Å². The lowest BCUT2D eigenvalue weighted by Gasteiger charge is -2.13. The van der Waals surface area contributed by atoms with Gasteiger partial charge in [-0.25, -0.2) is 13.1 Å². The van der Waals surface area contributed by atoms with Gasteiger partial charge in [0.25, 0.3) is 0 Å². The molecule has 22 heavy (non-hydrogen) atoms. The van der Waals surface area contributed by atoms with E-state index < -0.39 is 10.0 Å². The number of aryl methyl sites for hydroxylation is 3. The molecule has 0 saturated heterocycles. The first-order chi connectivity index (χ1) is 10.3. The molecule has 0 heterocycles. The molecule has 1 aromatic rings. The van der Waals surface area contributed by atoms with Crippen LogP contribution in [0.25, 0.3) is 0 Å². The Bertz CT molecular complexity index is 604. The average Bonchev–Trinajstić information content (AvgIpc) is 2.36. The van der Waals surface area contributed by atoms with Crippen LogP contribution >= 0.6 is 0 Å². The Hall–Kier alpha value is -1.44. The molecule has 0 spiro atoms. The van der Waals surface area contributed by atoms with Gasteiger partial charge in [0.15, 0.2) is 0 Å². The van der Waals surface area contributed by atoms with Gasteiger partial charge in [0.1, 0.15) is 0 Å². The van der Waals surface area contributed by atoms with Crippen LogP contribution in [0.1, 0.15) is 23.1 Å². The second kappa shape index (κ2) is 8.26. The van der Waals surface area contributed by atoms with Crippen LogP contribution in [0.5, 0.6) is 0 Å². The van der Waals surface area contributed by atoms with E-state index in [2.05, 4.69) is 15.4 Å². The van der Waals surface area contributed by atoms with Crippen molar-refractivity contribution in [3.8, 4) is 0 Å². The van der Waals surface area contributed by atoms with Crippen molar-refractivity contribution in [3.63, 3.8) is 0 Å². The number of sulfonamides is 1. The molecule has 0 aliphatic heterocycles. The van der Waals surface area contributed by atoms with Gasteiger partial charge in [-0.2, -0.15) is 0 Å². The highest BCUT2D eigenvalue weighted by Crippen LogP contribution is 2.21. The number of nitrogens with one attached hydrogen (secondary N) is 3. The van der Waals surface area contributed by atoms with Crippen molar-refractivity contribution in [1.29, 1.82) is 0 Å². The Morgan fingerprint density at radius 2 is 1.64 bits per heavy atom. The van der Waals surface area contributed by atoms with E-state index in [-0.39, 0.29) is 18.9 Å². The van der Waals surface area contributed by atoms with Crippen LogP contribution in [-0.2, 0) is 14.8 Å². The van der Waals surface area contributed by atoms with E-state index in [0.717, 1.165) is 5.56 Å². The highest BCUT2D eigenvalue weighted by molar-refractivity contribution is 7.89. The normalized spacial score (nSPS) is 11.5. The summed E-state index contributed by atoms with van der Waals surface area (Å²) in [5.74, 6) is -0.171. The van der Waals surface area contributed by atoms with Crippen molar-refractivity contribution in [2.45, 2.75) is 32.1 Å². The molecule has 0 saturated carbocycles. The molecule has 124 valence electrons. The Kier molecular flexibility index (Phi) is 6.99. The number of hydrogen-bond acceptors (Lipinski definition) is 4. The molecule has 3 N–H and O–H groups in total. The summed E-state index contributed by atoms with van der Waals surface area (Å²) >= 11 is 0. The highest BCUT2D eigenvalue weighted by Gasteiger charge is 2.19. The van der Waals surface area contributed by atoms with Gasteiger partial charge in [-0.05, 0) is 38.9 Å². The minimum Gasteiger partial charge on any atom is -0.355 e. The van der Waals surface area contributed by atoms with Crippen LogP contribution in [0.15, 0.2) is 17.0 Å². The molecule has 7 heteroatoms. The van der Waals surface area contributed by atoms with Gasteiger partial charge >= 0.3 is 0 Å². The zero-order valence-electron chi connectivity index (χ0n) is 13.6. The third-order valence-corrected chi connectivity index (χ3v) is 4.98. The lowest BCUT2D eigenvalue weighted by atomic mass is 10.1. The summed E-state index contributed by atoms with van der Waals surface area (Å²) < 4.78 is 27.2. The lowest BCUT2D eigenvalue weighted by Crippen LogP contribution is -2.34. The van der Waals surface area contributed by atoms with Gasteiger partial charge in [0.05, 0.1) is 4.90 Å². The molecule has 0 bridgehead atoms. The fourth-order valence-corrected chi connectivity index (χ4v) is 3.86. The van der Waals surface area contributed by atoms with E-state index in [0.29, 0.717) is 29.1 Å². The van der Waals surface area contributed by atoms with Crippen LogP contribution in [-0.4, -0.2) is 41.0 Å². The van der Waals surface area contributed by atoms with Crippen molar-refractivity contribution >= 4 is 15.9 Å². The molecule has 0 unspecified atom stereocenters. The third-order valence-electron chi connectivity index (χ3n) is 3.21. The molecule has 1 amide bonds. The molecule has 0 aliphatic rings. The monoisotopic (exact) mass is 327 g/mol. The summed E-state index contributed by atoms with van der Waals surface area (Å²) in [6.07, 6.45) is 0.118. The van der Waals surface area contributed by atoms with E-state index in [1.807, 2.05) is 19.1 Å². The quantitative estimate of drug-likeness (QED) is 0.611. The van der Waals surface area contributed by atoms with E-state index in [1.165, 1.54) is 0 Å². The van der Waals surface area contributed by atoms with Gasteiger partial charge in [0, 0.05) is 26.1 Å². The maximum absolute atomic E-state index is 12.4. The topological polar surface area (TPSA) is 87.3 Å². The van der Waals surface area contributed by atoms with Crippen LogP contribution in [0.2, 0.25) is 0 Å². The van der Waals surface area contributed by atoms with E-state index in [4.69, 9.17) is 0 Å². The summed E-state index contributed by atoms with van der Waals surface area (Å²) in [6, 6.07) is 3.68. The predicted molar refractivity (Wildman–Crippen MR) is 87.4 cm³/mol. The van der Waals surface area contributed by atoms with Crippen molar-refractivity contribution in [1.82, 2.24) is 15.4 Å². The standard InChI is InChI=1S/C15H25N3O3S/c1-11-9-12(2)15(13(3)10-11)22(20,21)18-6-5-14(19)17-8-7-16-4/h9-10,16,18H,5-8H2,1-4H3,(H,17,19). The highest BCUT2D eigenvalue weighted by atomic mass is 32.2. The van der Waals surface area contributed by atoms with Crippen molar-refractivity contribution in [2.75, 3.05) is 26.7 Å². The van der Waals surface area contributed by atoms with Gasteiger partial charge in [-0.3, -0.25) is 4.79 Å². The van der Waals surface area contributed by atoms with Crippen molar-refractivity contribution in [3.05, 3.63) is 28.8 Å². The van der Waals surface area contributed by atoms with Gasteiger partial charge in [-0.15, -0.1) is 0 Å². The zero-order valence-corrected chi connectivity index (χ0v) is 14.4. The molecule has 0 atom stereocenters. The van der Waals surface area contributed by atoms with Crippen molar-refractivity contribution < 1.29 is 13.2 Å². The number of benzene rings is 1. The molecule has 0 fully saturated rings. The summed E-state index contributed by atoms with van der Waals surface area (Å²) in [7, 11) is -1.80. The Balaban J connectivity index is 2.64. The number of likely N-dealkylation sites (N-methyl/N-ethyl adjacent to an activating group) is 1. The van der Waals surface area contributed by atoms with Gasteiger partial charge < -0.3 is 10.6 Å². The maximum atomic E-state index is 12.4. The Morgan fingerprint density at radius 3 is 2.18 bits per heavy atom. The second-order valence-corrected chi connectivity index (χ2v) is 7.03. The third kappa shape index (κ3) is 5.40. The first-order valence-electron chi connectivity index (χ1n) is 7.26. The smallest absolute Gasteiger partial charge is 0.241 e. The van der Waals surface area contributed by atoms with E-state index in [9.17, 15) is 13.2 Å². The molecule has 0 aromatic heterocycles. The van der Waals surface area contributed by atoms with E-state index >= 15 is 0 Å². The summed E-state index contributed by atoms with van der Waals surface area (Å²) in [4.78, 5) is 11.8. The second-order valence-electron chi connectivity index (χ2n) is 5.33. The first kappa shape index (κ1) is 18.6. The van der Waals surface area contributed by atoms with Crippen LogP contribution < -0.4 is 15.4 Å². The van der Waals surface area contributed by atoms with Crippen LogP contribution in [0.3, 0.4) is 0 Å². The van der Waals surface area contributed by atoms with Crippen LogP contribution in [0.4, 0.5) is 0 Å². The van der Waals surface area contributed by atoms with E-state index in [1.54, 1.807) is 20.9 Å². The van der Waals surface area contributed by atoms with Gasteiger partial charge in [-0.1, -0.05) is 17.7 Å². The molecule has 0 radical (unpaired) electrons. The molecule has 1 rings (SSSR count). The Labute approximate surface area is 132 Å². The summed E-state index contributed by atoms with van der Waals surface area (Å²) in [5.41, 5.74) is 2.45. The summed E-state index contributed by atoms with van der Waals surface area (Å²) in [6.45, 7) is 6.77. The minimum absolute atomic E-state index is 0.0838. The van der Waals surface area contributed by atoms with Crippen molar-refractivity contribution in [2.24, 2.45) is 0 Å². The predicted octanol–water partition coefficient (Wildman–Crippen LogP) is 0.616. The first-order valence-corrected chi connectivity index (χ1v) is 8.75. The molecular formula is C15H25N3O3S. The van der Waals surface area contributed by atoms with Gasteiger partial charge in [0.2, 0.25) is 15.9 Å². The number of rotatable bonds is 8. The number of carbonyl (C=O) groups excluding carboxylic acids is 1. The largest absolute Gasteiger partial charge is 0.355 e. The summed E-state index contributed by atoms with van der Waals surface area (Å²) in [5, 5.41) is 5.62. The fourth-order valence-electron chi connectivity index (χ4n) is 2.38. The number of amides is 1. The molecule has 1 aromatic carbocycles. The zero-order chi connectivity index (χ0) is 16.8. The Morgan fingerprint density at radius 1 is 1.05 bits per heavy atom. The number of hydrogen-bond donors (Lipinski definition) is 3. The average molecular weight is 327 g/mol. The SMILES string of the molecule is CNCCNC(=O)CCNS(=O)(=O)c1c(C)cc(C)cc1C. The number of carbonyl (C=O) groups is 1. The molecule has 6 nitrogen and oxygen atoms in total.